The number of carbonyl (C=O) groups is 2. The molecule has 0 saturated carbocycles. The summed E-state index contributed by atoms with van der Waals surface area (Å²) < 4.78 is 1.72. The van der Waals surface area contributed by atoms with Crippen LogP contribution in [0.1, 0.15) is 20.7 Å². The first-order valence-corrected chi connectivity index (χ1v) is 7.29. The van der Waals surface area contributed by atoms with Gasteiger partial charge in [-0.2, -0.15) is 4.57 Å². The second-order valence-electron chi connectivity index (χ2n) is 5.36. The number of nitrogens with zero attached hydrogens (tertiary/aromatic N) is 2. The highest BCUT2D eigenvalue weighted by atomic mass is 79.9. The number of benzene rings is 1. The van der Waals surface area contributed by atoms with Gasteiger partial charge in [0, 0.05) is 16.7 Å². The van der Waals surface area contributed by atoms with E-state index in [1.165, 1.54) is 0 Å². The summed E-state index contributed by atoms with van der Waals surface area (Å²) in [5.41, 5.74) is 1.20. The molecule has 0 fully saturated rings. The van der Waals surface area contributed by atoms with Crippen LogP contribution < -0.4 is 21.5 Å². The maximum absolute atomic E-state index is 12.2. The lowest BCUT2D eigenvalue weighted by Gasteiger charge is -2.07. The molecule has 0 radical (unpaired) electrons. The third-order valence-corrected chi connectivity index (χ3v) is 3.38. The van der Waals surface area contributed by atoms with Crippen molar-refractivity contribution in [2.24, 2.45) is 0 Å². The van der Waals surface area contributed by atoms with E-state index in [-0.39, 0.29) is 35.1 Å². The standard InChI is InChI=1S/C17H18ClN2O2.BrH/c1-19(2)11-16(21)14-4-3-9-20(10-14)12-17(22)13-5-7-15(18)8-6-13;/h3-10H,11-12H2,1-2H3;1H/q+1;/p-1. The Balaban J connectivity index is 0.00000264. The molecule has 122 valence electrons. The molecule has 0 amide bonds. The Morgan fingerprint density at radius 3 is 2.30 bits per heavy atom. The van der Waals surface area contributed by atoms with Gasteiger partial charge in [-0.1, -0.05) is 11.6 Å². The van der Waals surface area contributed by atoms with Crippen LogP contribution in [0.15, 0.2) is 48.8 Å². The first-order valence-electron chi connectivity index (χ1n) is 6.91. The first-order chi connectivity index (χ1) is 10.5. The fourth-order valence-electron chi connectivity index (χ4n) is 2.06. The zero-order chi connectivity index (χ0) is 16.1. The van der Waals surface area contributed by atoms with E-state index in [2.05, 4.69) is 0 Å². The number of pyridine rings is 1. The number of rotatable bonds is 6. The van der Waals surface area contributed by atoms with E-state index in [0.29, 0.717) is 22.7 Å². The lowest BCUT2D eigenvalue weighted by atomic mass is 10.1. The van der Waals surface area contributed by atoms with Gasteiger partial charge < -0.3 is 21.9 Å². The normalized spacial score (nSPS) is 10.3. The molecule has 0 atom stereocenters. The topological polar surface area (TPSA) is 41.3 Å². The number of aromatic nitrogens is 1. The van der Waals surface area contributed by atoms with Crippen LogP contribution in [-0.2, 0) is 6.54 Å². The molecule has 0 bridgehead atoms. The van der Waals surface area contributed by atoms with Crippen LogP contribution in [0.3, 0.4) is 0 Å². The highest BCUT2D eigenvalue weighted by Gasteiger charge is 2.15. The van der Waals surface area contributed by atoms with Gasteiger partial charge in [-0.3, -0.25) is 9.59 Å². The molecule has 4 nitrogen and oxygen atoms in total. The number of likely N-dealkylation sites (N-methyl/N-ethyl adjacent to an activating group) is 1. The SMILES string of the molecule is CN(C)CC(=O)c1ccc[n+](CC(=O)c2ccc(Cl)cc2)c1.[Br-]. The first kappa shape index (κ1) is 19.5. The van der Waals surface area contributed by atoms with Crippen molar-refractivity contribution in [3.8, 4) is 0 Å². The number of hydrogen-bond donors (Lipinski definition) is 0. The molecule has 23 heavy (non-hydrogen) atoms. The van der Waals surface area contributed by atoms with E-state index >= 15 is 0 Å². The van der Waals surface area contributed by atoms with Gasteiger partial charge in [-0.15, -0.1) is 0 Å². The number of hydrogen-bond acceptors (Lipinski definition) is 3. The fraction of sp³-hybridized carbons (Fsp3) is 0.235. The Hall–Kier alpha value is -1.56. The molecule has 0 unspecified atom stereocenters. The lowest BCUT2D eigenvalue weighted by molar-refractivity contribution is -0.683. The summed E-state index contributed by atoms with van der Waals surface area (Å²) >= 11 is 5.82. The quantitative estimate of drug-likeness (QED) is 0.476. The molecule has 0 aliphatic heterocycles. The summed E-state index contributed by atoms with van der Waals surface area (Å²) in [4.78, 5) is 26.1. The molecule has 6 heteroatoms. The van der Waals surface area contributed by atoms with Gasteiger partial charge in [0.2, 0.25) is 12.3 Å². The molecule has 1 heterocycles. The molecule has 0 aliphatic rings. The van der Waals surface area contributed by atoms with Gasteiger partial charge in [0.15, 0.2) is 18.2 Å². The van der Waals surface area contributed by atoms with Gasteiger partial charge in [0.05, 0.1) is 12.1 Å². The molecular weight excluding hydrogens is 380 g/mol. The number of halogens is 2. The minimum Gasteiger partial charge on any atom is -1.00 e. The van der Waals surface area contributed by atoms with E-state index in [4.69, 9.17) is 11.6 Å². The molecular formula is C17H18BrClN2O2. The predicted molar refractivity (Wildman–Crippen MR) is 85.3 cm³/mol. The van der Waals surface area contributed by atoms with Crippen molar-refractivity contribution in [1.29, 1.82) is 0 Å². The molecule has 0 saturated heterocycles. The van der Waals surface area contributed by atoms with Crippen molar-refractivity contribution >= 4 is 23.2 Å². The summed E-state index contributed by atoms with van der Waals surface area (Å²) in [6.45, 7) is 0.528. The van der Waals surface area contributed by atoms with Crippen molar-refractivity contribution in [1.82, 2.24) is 4.90 Å². The molecule has 0 aliphatic carbocycles. The zero-order valence-corrected chi connectivity index (χ0v) is 15.3. The average molecular weight is 398 g/mol. The van der Waals surface area contributed by atoms with Crippen molar-refractivity contribution < 1.29 is 31.1 Å². The molecule has 0 spiro atoms. The van der Waals surface area contributed by atoms with E-state index in [9.17, 15) is 9.59 Å². The Bertz CT molecular complexity index is 687. The Labute approximate surface area is 151 Å². The molecule has 0 N–H and O–H groups in total. The number of ketones is 2. The fourth-order valence-corrected chi connectivity index (χ4v) is 2.18. The van der Waals surface area contributed by atoms with Crippen LogP contribution in [0.4, 0.5) is 0 Å². The maximum atomic E-state index is 12.2. The summed E-state index contributed by atoms with van der Waals surface area (Å²) in [6.07, 6.45) is 3.49. The van der Waals surface area contributed by atoms with Crippen molar-refractivity contribution in [2.75, 3.05) is 20.6 Å². The summed E-state index contributed by atoms with van der Waals surface area (Å²) in [6, 6.07) is 10.3. The van der Waals surface area contributed by atoms with E-state index in [1.807, 2.05) is 19.0 Å². The van der Waals surface area contributed by atoms with E-state index in [0.717, 1.165) is 0 Å². The van der Waals surface area contributed by atoms with Crippen molar-refractivity contribution in [3.05, 3.63) is 64.9 Å². The molecule has 1 aromatic carbocycles. The van der Waals surface area contributed by atoms with Gasteiger partial charge in [-0.25, -0.2) is 0 Å². The maximum Gasteiger partial charge on any atom is 0.227 e. The van der Waals surface area contributed by atoms with Gasteiger partial charge in [0.1, 0.15) is 0 Å². The van der Waals surface area contributed by atoms with Gasteiger partial charge in [-0.05, 0) is 44.4 Å². The monoisotopic (exact) mass is 396 g/mol. The van der Waals surface area contributed by atoms with Crippen LogP contribution in [0.5, 0.6) is 0 Å². The van der Waals surface area contributed by atoms with Crippen molar-refractivity contribution in [2.45, 2.75) is 6.54 Å². The zero-order valence-electron chi connectivity index (χ0n) is 13.0. The van der Waals surface area contributed by atoms with E-state index in [1.54, 1.807) is 53.4 Å². The summed E-state index contributed by atoms with van der Waals surface area (Å²) in [7, 11) is 3.69. The molecule has 2 rings (SSSR count). The van der Waals surface area contributed by atoms with E-state index < -0.39 is 0 Å². The highest BCUT2D eigenvalue weighted by Crippen LogP contribution is 2.10. The van der Waals surface area contributed by atoms with Crippen LogP contribution in [-0.4, -0.2) is 37.1 Å². The second kappa shape index (κ2) is 8.91. The van der Waals surface area contributed by atoms with Crippen LogP contribution >= 0.6 is 11.6 Å². The molecule has 2 aromatic rings. The Morgan fingerprint density at radius 2 is 1.70 bits per heavy atom. The second-order valence-corrected chi connectivity index (χ2v) is 5.79. The number of carbonyl (C=O) groups excluding carboxylic acids is 2. The minimum atomic E-state index is -0.0288. The molecule has 1 aromatic heterocycles. The predicted octanol–water partition coefficient (Wildman–Crippen LogP) is -0.741. The van der Waals surface area contributed by atoms with Crippen LogP contribution in [0, 0.1) is 0 Å². The third kappa shape index (κ3) is 5.86. The highest BCUT2D eigenvalue weighted by molar-refractivity contribution is 6.30. The largest absolute Gasteiger partial charge is 1.00 e. The average Bonchev–Trinajstić information content (AvgIpc) is 2.47. The van der Waals surface area contributed by atoms with Crippen LogP contribution in [0.2, 0.25) is 5.02 Å². The third-order valence-electron chi connectivity index (χ3n) is 3.13. The van der Waals surface area contributed by atoms with Crippen LogP contribution in [0.25, 0.3) is 0 Å². The smallest absolute Gasteiger partial charge is 0.227 e. The Morgan fingerprint density at radius 1 is 1.04 bits per heavy atom. The Kier molecular flexibility index (Phi) is 7.55. The summed E-state index contributed by atoms with van der Waals surface area (Å²) in [5, 5.41) is 0.598. The number of Topliss-reactive ketones (excluding diaryl/α,β-unsaturated/α-hetero) is 2. The summed E-state index contributed by atoms with van der Waals surface area (Å²) in [5.74, 6) is -0.00262. The van der Waals surface area contributed by atoms with Gasteiger partial charge >= 0.3 is 0 Å². The van der Waals surface area contributed by atoms with Crippen molar-refractivity contribution in [3.63, 3.8) is 0 Å². The lowest BCUT2D eigenvalue weighted by Crippen LogP contribution is -3.00. The minimum absolute atomic E-state index is 0. The van der Waals surface area contributed by atoms with Gasteiger partial charge in [0.25, 0.3) is 0 Å².